The maximum atomic E-state index is 11.8. The normalized spacial score (nSPS) is 19.3. The molecule has 0 aromatic heterocycles. The molecule has 0 amide bonds. The molecule has 0 aromatic rings. The average Bonchev–Trinajstić information content (AvgIpc) is 2.26. The van der Waals surface area contributed by atoms with Crippen molar-refractivity contribution in [3.63, 3.8) is 0 Å². The molecule has 1 saturated heterocycles. The molecule has 4 nitrogen and oxygen atoms in total. The van der Waals surface area contributed by atoms with Gasteiger partial charge in [-0.25, -0.2) is 13.1 Å². The first-order valence-electron chi connectivity index (χ1n) is 5.73. The van der Waals surface area contributed by atoms with Gasteiger partial charge in [0, 0.05) is 19.8 Å². The highest BCUT2D eigenvalue weighted by molar-refractivity contribution is 7.90. The molecule has 0 atom stereocenters. The van der Waals surface area contributed by atoms with Crippen molar-refractivity contribution in [3.8, 4) is 0 Å². The van der Waals surface area contributed by atoms with Crippen LogP contribution in [-0.2, 0) is 14.8 Å². The Morgan fingerprint density at radius 2 is 1.93 bits per heavy atom. The van der Waals surface area contributed by atoms with E-state index in [2.05, 4.69) is 11.6 Å². The Morgan fingerprint density at radius 1 is 1.27 bits per heavy atom. The van der Waals surface area contributed by atoms with Crippen molar-refractivity contribution in [2.45, 2.75) is 44.3 Å². The molecule has 0 spiro atoms. The van der Waals surface area contributed by atoms with Gasteiger partial charge in [-0.2, -0.15) is 0 Å². The van der Waals surface area contributed by atoms with Crippen LogP contribution in [0.25, 0.3) is 0 Å². The molecule has 15 heavy (non-hydrogen) atoms. The summed E-state index contributed by atoms with van der Waals surface area (Å²) in [6, 6.07) is 0. The first kappa shape index (κ1) is 12.9. The monoisotopic (exact) mass is 235 g/mol. The molecule has 90 valence electrons. The maximum Gasteiger partial charge on any atom is 0.214 e. The fourth-order valence-electron chi connectivity index (χ4n) is 1.69. The molecule has 1 fully saturated rings. The van der Waals surface area contributed by atoms with Crippen LogP contribution in [0.5, 0.6) is 0 Å². The highest BCUT2D eigenvalue weighted by Gasteiger charge is 2.26. The van der Waals surface area contributed by atoms with Crippen molar-refractivity contribution < 1.29 is 13.2 Å². The highest BCUT2D eigenvalue weighted by atomic mass is 32.2. The van der Waals surface area contributed by atoms with Gasteiger partial charge in [-0.3, -0.25) is 0 Å². The maximum absolute atomic E-state index is 11.8. The summed E-state index contributed by atoms with van der Waals surface area (Å²) >= 11 is 0. The van der Waals surface area contributed by atoms with Gasteiger partial charge >= 0.3 is 0 Å². The molecule has 1 aliphatic heterocycles. The van der Waals surface area contributed by atoms with Gasteiger partial charge < -0.3 is 4.74 Å². The first-order valence-corrected chi connectivity index (χ1v) is 7.27. The lowest BCUT2D eigenvalue weighted by molar-refractivity contribution is 0.0981. The lowest BCUT2D eigenvalue weighted by atomic mass is 10.2. The topological polar surface area (TPSA) is 55.4 Å². The fraction of sp³-hybridized carbons (Fsp3) is 1.00. The van der Waals surface area contributed by atoms with E-state index in [4.69, 9.17) is 4.74 Å². The number of sulfonamides is 1. The van der Waals surface area contributed by atoms with Gasteiger partial charge in [0.25, 0.3) is 0 Å². The van der Waals surface area contributed by atoms with Gasteiger partial charge in [0.05, 0.1) is 5.25 Å². The minimum Gasteiger partial charge on any atom is -0.381 e. The van der Waals surface area contributed by atoms with E-state index in [9.17, 15) is 8.42 Å². The Labute approximate surface area is 92.4 Å². The molecule has 1 heterocycles. The summed E-state index contributed by atoms with van der Waals surface area (Å²) in [5.74, 6) is 0. The summed E-state index contributed by atoms with van der Waals surface area (Å²) in [5.41, 5.74) is 0. The van der Waals surface area contributed by atoms with Crippen molar-refractivity contribution in [1.82, 2.24) is 4.72 Å². The van der Waals surface area contributed by atoms with Gasteiger partial charge in [0.15, 0.2) is 0 Å². The van der Waals surface area contributed by atoms with Gasteiger partial charge in [-0.15, -0.1) is 0 Å². The Kier molecular flexibility index (Phi) is 5.56. The number of rotatable bonds is 6. The van der Waals surface area contributed by atoms with Crippen LogP contribution in [0.15, 0.2) is 0 Å². The van der Waals surface area contributed by atoms with E-state index in [1.807, 2.05) is 0 Å². The van der Waals surface area contributed by atoms with E-state index in [0.29, 0.717) is 32.6 Å². The number of unbranched alkanes of at least 4 members (excludes halogenated alkanes) is 2. The fourth-order valence-corrected chi connectivity index (χ4v) is 3.17. The minimum absolute atomic E-state index is 0.243. The molecule has 0 aromatic carbocycles. The molecule has 0 aliphatic carbocycles. The van der Waals surface area contributed by atoms with Gasteiger partial charge in [-0.1, -0.05) is 19.8 Å². The Morgan fingerprint density at radius 3 is 2.53 bits per heavy atom. The zero-order valence-electron chi connectivity index (χ0n) is 9.37. The molecule has 0 bridgehead atoms. The number of ether oxygens (including phenoxy) is 1. The zero-order chi connectivity index (χ0) is 11.1. The van der Waals surface area contributed by atoms with Crippen molar-refractivity contribution in [3.05, 3.63) is 0 Å². The van der Waals surface area contributed by atoms with Crippen LogP contribution in [0.2, 0.25) is 0 Å². The molecular weight excluding hydrogens is 214 g/mol. The van der Waals surface area contributed by atoms with E-state index in [1.54, 1.807) is 0 Å². The van der Waals surface area contributed by atoms with Crippen LogP contribution in [0.3, 0.4) is 0 Å². The molecule has 0 saturated carbocycles. The van der Waals surface area contributed by atoms with Crippen molar-refractivity contribution >= 4 is 10.0 Å². The third-order valence-electron chi connectivity index (χ3n) is 2.69. The van der Waals surface area contributed by atoms with Gasteiger partial charge in [0.1, 0.15) is 0 Å². The van der Waals surface area contributed by atoms with Crippen LogP contribution in [0.1, 0.15) is 39.0 Å². The smallest absolute Gasteiger partial charge is 0.214 e. The Hall–Kier alpha value is -0.130. The Balaban J connectivity index is 2.30. The lowest BCUT2D eigenvalue weighted by Gasteiger charge is -2.22. The van der Waals surface area contributed by atoms with Crippen molar-refractivity contribution in [2.24, 2.45) is 0 Å². The predicted molar refractivity (Wildman–Crippen MR) is 60.3 cm³/mol. The van der Waals surface area contributed by atoms with Crippen LogP contribution in [-0.4, -0.2) is 33.4 Å². The molecule has 1 aliphatic rings. The second-order valence-electron chi connectivity index (χ2n) is 3.96. The van der Waals surface area contributed by atoms with E-state index in [0.717, 1.165) is 19.3 Å². The summed E-state index contributed by atoms with van der Waals surface area (Å²) < 4.78 is 31.4. The quantitative estimate of drug-likeness (QED) is 0.705. The molecule has 1 N–H and O–H groups in total. The standard InChI is InChI=1S/C10H21NO3S/c1-2-3-4-7-11-15(12,13)10-5-8-14-9-6-10/h10-11H,2-9H2,1H3. The molecule has 5 heteroatoms. The Bertz CT molecular complexity index is 258. The van der Waals surface area contributed by atoms with Crippen LogP contribution in [0, 0.1) is 0 Å². The summed E-state index contributed by atoms with van der Waals surface area (Å²) in [5, 5.41) is -0.243. The summed E-state index contributed by atoms with van der Waals surface area (Å²) in [4.78, 5) is 0. The van der Waals surface area contributed by atoms with Crippen LogP contribution < -0.4 is 4.72 Å². The van der Waals surface area contributed by atoms with Crippen molar-refractivity contribution in [2.75, 3.05) is 19.8 Å². The third-order valence-corrected chi connectivity index (χ3v) is 4.65. The van der Waals surface area contributed by atoms with Crippen LogP contribution >= 0.6 is 0 Å². The van der Waals surface area contributed by atoms with E-state index in [-0.39, 0.29) is 5.25 Å². The summed E-state index contributed by atoms with van der Waals surface area (Å²) in [7, 11) is -3.09. The number of nitrogens with one attached hydrogen (secondary N) is 1. The summed E-state index contributed by atoms with van der Waals surface area (Å²) in [6.45, 7) is 3.82. The van der Waals surface area contributed by atoms with E-state index < -0.39 is 10.0 Å². The number of hydrogen-bond acceptors (Lipinski definition) is 3. The van der Waals surface area contributed by atoms with E-state index >= 15 is 0 Å². The lowest BCUT2D eigenvalue weighted by Crippen LogP contribution is -2.38. The molecule has 0 radical (unpaired) electrons. The predicted octanol–water partition coefficient (Wildman–Crippen LogP) is 1.27. The second-order valence-corrected chi connectivity index (χ2v) is 6.00. The minimum atomic E-state index is -3.09. The van der Waals surface area contributed by atoms with Gasteiger partial charge in [-0.05, 0) is 19.3 Å². The molecular formula is C10H21NO3S. The van der Waals surface area contributed by atoms with Crippen LogP contribution in [0.4, 0.5) is 0 Å². The average molecular weight is 235 g/mol. The largest absolute Gasteiger partial charge is 0.381 e. The first-order chi connectivity index (χ1) is 7.17. The second kappa shape index (κ2) is 6.45. The highest BCUT2D eigenvalue weighted by Crippen LogP contribution is 2.14. The SMILES string of the molecule is CCCCCNS(=O)(=O)C1CCOCC1. The molecule has 1 rings (SSSR count). The number of hydrogen-bond donors (Lipinski definition) is 1. The summed E-state index contributed by atoms with van der Waals surface area (Å²) in [6.07, 6.45) is 4.38. The van der Waals surface area contributed by atoms with E-state index in [1.165, 1.54) is 0 Å². The van der Waals surface area contributed by atoms with Crippen molar-refractivity contribution in [1.29, 1.82) is 0 Å². The third kappa shape index (κ3) is 4.49. The zero-order valence-corrected chi connectivity index (χ0v) is 10.2. The molecule has 0 unspecified atom stereocenters. The van der Waals surface area contributed by atoms with Gasteiger partial charge in [0.2, 0.25) is 10.0 Å².